The Kier molecular flexibility index (Phi) is 5.39. The first-order valence-electron chi connectivity index (χ1n) is 7.43. The summed E-state index contributed by atoms with van der Waals surface area (Å²) in [5.41, 5.74) is 8.64. The third kappa shape index (κ3) is 3.84. The molecule has 21 heavy (non-hydrogen) atoms. The Morgan fingerprint density at radius 1 is 1.38 bits per heavy atom. The van der Waals surface area contributed by atoms with Gasteiger partial charge in [-0.15, -0.1) is 0 Å². The molecule has 0 fully saturated rings. The molecule has 0 amide bonds. The van der Waals surface area contributed by atoms with E-state index in [0.717, 1.165) is 29.5 Å². The van der Waals surface area contributed by atoms with Crippen molar-refractivity contribution < 1.29 is 19.9 Å². The number of hydrogen-bond acceptors (Lipinski definition) is 4. The zero-order chi connectivity index (χ0) is 15.4. The van der Waals surface area contributed by atoms with Crippen LogP contribution < -0.4 is 5.73 Å². The third-order valence-corrected chi connectivity index (χ3v) is 4.24. The van der Waals surface area contributed by atoms with E-state index in [4.69, 9.17) is 15.8 Å². The van der Waals surface area contributed by atoms with E-state index in [2.05, 4.69) is 0 Å². The third-order valence-electron chi connectivity index (χ3n) is 4.24. The topological polar surface area (TPSA) is 104 Å². The van der Waals surface area contributed by atoms with Crippen molar-refractivity contribution in [1.29, 1.82) is 0 Å². The normalized spacial score (nSPS) is 20.3. The zero-order valence-electron chi connectivity index (χ0n) is 12.0. The van der Waals surface area contributed by atoms with Crippen molar-refractivity contribution in [3.63, 3.8) is 0 Å². The molecule has 0 saturated carbocycles. The quantitative estimate of drug-likeness (QED) is 0.556. The van der Waals surface area contributed by atoms with Crippen molar-refractivity contribution in [3.8, 4) is 0 Å². The molecule has 2 rings (SSSR count). The van der Waals surface area contributed by atoms with Gasteiger partial charge in [-0.1, -0.05) is 24.6 Å². The van der Waals surface area contributed by atoms with Gasteiger partial charge >= 0.3 is 13.1 Å². The van der Waals surface area contributed by atoms with Gasteiger partial charge in [0, 0.05) is 0 Å². The van der Waals surface area contributed by atoms with Crippen LogP contribution in [0.25, 0.3) is 0 Å². The molecular weight excluding hydrogens is 269 g/mol. The van der Waals surface area contributed by atoms with Crippen LogP contribution in [-0.2, 0) is 17.6 Å². The molecule has 1 aromatic rings. The molecule has 0 aromatic heterocycles. The maximum atomic E-state index is 11.6. The minimum Gasteiger partial charge on any atom is -0.481 e. The van der Waals surface area contributed by atoms with E-state index in [1.54, 1.807) is 0 Å². The molecular formula is C15H22BNO4. The summed E-state index contributed by atoms with van der Waals surface area (Å²) in [5, 5.41) is 27.3. The highest BCUT2D eigenvalue weighted by atomic mass is 16.4. The predicted molar refractivity (Wildman–Crippen MR) is 81.0 cm³/mol. The Balaban J connectivity index is 2.14. The second-order valence-corrected chi connectivity index (χ2v) is 5.76. The number of nitrogens with two attached hydrogens (primary N) is 1. The second-order valence-electron chi connectivity index (χ2n) is 5.76. The minimum absolute atomic E-state index is 0.0318. The number of aliphatic carboxylic acids is 1. The fourth-order valence-electron chi connectivity index (χ4n) is 3.26. The molecule has 1 aliphatic rings. The lowest BCUT2D eigenvalue weighted by atomic mass is 9.80. The van der Waals surface area contributed by atoms with Crippen LogP contribution in [0.15, 0.2) is 18.2 Å². The fraction of sp³-hybridized carbons (Fsp3) is 0.533. The first-order valence-corrected chi connectivity index (χ1v) is 7.43. The number of carbonyl (C=O) groups is 1. The molecule has 0 spiro atoms. The number of benzene rings is 1. The summed E-state index contributed by atoms with van der Waals surface area (Å²) in [5.74, 6) is -1.26. The Labute approximate surface area is 124 Å². The summed E-state index contributed by atoms with van der Waals surface area (Å²) >= 11 is 0. The van der Waals surface area contributed by atoms with E-state index >= 15 is 0 Å². The van der Waals surface area contributed by atoms with Crippen molar-refractivity contribution >= 4 is 13.1 Å². The van der Waals surface area contributed by atoms with Crippen molar-refractivity contribution in [2.45, 2.75) is 37.9 Å². The number of rotatable bonds is 7. The smallest absolute Gasteiger partial charge is 0.451 e. The van der Waals surface area contributed by atoms with E-state index in [-0.39, 0.29) is 12.2 Å². The molecule has 114 valence electrons. The van der Waals surface area contributed by atoms with Gasteiger partial charge in [-0.25, -0.2) is 0 Å². The van der Waals surface area contributed by atoms with Gasteiger partial charge in [-0.05, 0) is 54.7 Å². The van der Waals surface area contributed by atoms with Gasteiger partial charge in [0.05, 0.1) is 5.92 Å². The Bertz CT molecular complexity index is 506. The van der Waals surface area contributed by atoms with E-state index < -0.39 is 19.0 Å². The van der Waals surface area contributed by atoms with Crippen LogP contribution in [0.5, 0.6) is 0 Å². The van der Waals surface area contributed by atoms with E-state index in [9.17, 15) is 9.90 Å². The van der Waals surface area contributed by atoms with Crippen LogP contribution in [-0.4, -0.2) is 34.8 Å². The van der Waals surface area contributed by atoms with Gasteiger partial charge < -0.3 is 20.9 Å². The first-order chi connectivity index (χ1) is 10.0. The molecule has 0 bridgehead atoms. The van der Waals surface area contributed by atoms with Crippen molar-refractivity contribution in [3.05, 3.63) is 34.9 Å². The molecule has 0 radical (unpaired) electrons. The molecule has 5 nitrogen and oxygen atoms in total. The SMILES string of the molecule is NCCc1ccc2c(c1)[C@@H](C(=O)O)[C@@H](CCCB(O)O)C2. The minimum atomic E-state index is -1.31. The molecule has 5 N–H and O–H groups in total. The molecule has 0 aliphatic heterocycles. The lowest BCUT2D eigenvalue weighted by molar-refractivity contribution is -0.139. The maximum absolute atomic E-state index is 11.6. The van der Waals surface area contributed by atoms with Crippen LogP contribution in [0, 0.1) is 5.92 Å². The molecule has 0 heterocycles. The van der Waals surface area contributed by atoms with Crippen molar-refractivity contribution in [2.75, 3.05) is 6.54 Å². The average Bonchev–Trinajstić information content (AvgIpc) is 2.76. The van der Waals surface area contributed by atoms with Crippen LogP contribution in [0.3, 0.4) is 0 Å². The first kappa shape index (κ1) is 16.0. The van der Waals surface area contributed by atoms with Gasteiger partial charge in [0.1, 0.15) is 0 Å². The monoisotopic (exact) mass is 291 g/mol. The van der Waals surface area contributed by atoms with Crippen LogP contribution in [0.2, 0.25) is 6.32 Å². The summed E-state index contributed by atoms with van der Waals surface area (Å²) < 4.78 is 0. The Morgan fingerprint density at radius 3 is 2.76 bits per heavy atom. The van der Waals surface area contributed by atoms with Gasteiger partial charge in [0.15, 0.2) is 0 Å². The molecule has 0 unspecified atom stereocenters. The lowest BCUT2D eigenvalue weighted by Gasteiger charge is -2.16. The average molecular weight is 291 g/mol. The summed E-state index contributed by atoms with van der Waals surface area (Å²) in [6, 6.07) is 6.00. The Hall–Kier alpha value is -1.37. The molecule has 1 aliphatic carbocycles. The maximum Gasteiger partial charge on any atom is 0.451 e. The Morgan fingerprint density at radius 2 is 2.14 bits per heavy atom. The van der Waals surface area contributed by atoms with Crippen LogP contribution >= 0.6 is 0 Å². The summed E-state index contributed by atoms with van der Waals surface area (Å²) in [6.45, 7) is 0.550. The lowest BCUT2D eigenvalue weighted by Crippen LogP contribution is -2.18. The van der Waals surface area contributed by atoms with Crippen molar-refractivity contribution in [1.82, 2.24) is 0 Å². The van der Waals surface area contributed by atoms with Gasteiger partial charge in [0.2, 0.25) is 0 Å². The number of carboxylic acid groups (broad SMARTS) is 1. The highest BCUT2D eigenvalue weighted by molar-refractivity contribution is 6.40. The van der Waals surface area contributed by atoms with Crippen LogP contribution in [0.1, 0.15) is 35.4 Å². The molecule has 0 saturated heterocycles. The van der Waals surface area contributed by atoms with Gasteiger partial charge in [-0.2, -0.15) is 0 Å². The predicted octanol–water partition coefficient (Wildman–Crippen LogP) is 0.781. The standard InChI is InChI=1S/C15H22BNO4/c17-7-5-10-3-4-11-9-12(2-1-6-16(20)21)14(15(18)19)13(11)8-10/h3-4,8,12,14,20-21H,1-2,5-7,9,17H2,(H,18,19)/t12-,14-/m0/s1. The number of hydrogen-bond donors (Lipinski definition) is 4. The van der Waals surface area contributed by atoms with E-state index in [1.807, 2.05) is 18.2 Å². The van der Waals surface area contributed by atoms with Gasteiger partial charge in [0.25, 0.3) is 0 Å². The fourth-order valence-corrected chi connectivity index (χ4v) is 3.26. The zero-order valence-corrected chi connectivity index (χ0v) is 12.0. The van der Waals surface area contributed by atoms with Crippen molar-refractivity contribution in [2.24, 2.45) is 11.7 Å². The highest BCUT2D eigenvalue weighted by Gasteiger charge is 2.37. The number of fused-ring (bicyclic) bond motifs is 1. The van der Waals surface area contributed by atoms with Gasteiger partial charge in [-0.3, -0.25) is 4.79 Å². The summed E-state index contributed by atoms with van der Waals surface area (Å²) in [4.78, 5) is 11.6. The summed E-state index contributed by atoms with van der Waals surface area (Å²) in [6.07, 6.45) is 3.10. The second kappa shape index (κ2) is 7.07. The molecule has 6 heteroatoms. The largest absolute Gasteiger partial charge is 0.481 e. The van der Waals surface area contributed by atoms with Crippen LogP contribution in [0.4, 0.5) is 0 Å². The van der Waals surface area contributed by atoms with E-state index in [1.165, 1.54) is 0 Å². The highest BCUT2D eigenvalue weighted by Crippen LogP contribution is 2.41. The molecule has 2 atom stereocenters. The number of carboxylic acids is 1. The molecule has 1 aromatic carbocycles. The summed E-state index contributed by atoms with van der Waals surface area (Å²) in [7, 11) is -1.31. The van der Waals surface area contributed by atoms with E-state index in [0.29, 0.717) is 19.4 Å².